The smallest absolute Gasteiger partial charge is 0.303 e. The lowest BCUT2D eigenvalue weighted by molar-refractivity contribution is -0.393. The molecule has 3 aliphatic heterocycles. The van der Waals surface area contributed by atoms with Crippen LogP contribution in [0, 0.1) is 0 Å². The lowest BCUT2D eigenvalue weighted by atomic mass is 9.94. The van der Waals surface area contributed by atoms with Gasteiger partial charge in [0.2, 0.25) is 5.91 Å². The fraction of sp³-hybridized carbons (Fsp3) is 0.463. The van der Waals surface area contributed by atoms with Crippen molar-refractivity contribution in [1.82, 2.24) is 5.32 Å². The Morgan fingerprint density at radius 3 is 1.82 bits per heavy atom. The van der Waals surface area contributed by atoms with E-state index >= 15 is 0 Å². The zero-order valence-electron chi connectivity index (χ0n) is 31.6. The molecule has 15 heteroatoms. The Labute approximate surface area is 324 Å². The van der Waals surface area contributed by atoms with E-state index in [1.807, 2.05) is 91.0 Å². The lowest BCUT2D eigenvalue weighted by Gasteiger charge is -2.51. The number of esters is 3. The van der Waals surface area contributed by atoms with Crippen LogP contribution in [0.3, 0.4) is 0 Å². The largest absolute Gasteiger partial charge is 0.463 e. The van der Waals surface area contributed by atoms with E-state index in [0.717, 1.165) is 16.7 Å². The monoisotopic (exact) mass is 777 g/mol. The van der Waals surface area contributed by atoms with Crippen LogP contribution in [-0.2, 0) is 79.8 Å². The number of carbonyl (C=O) groups is 4. The van der Waals surface area contributed by atoms with Crippen molar-refractivity contribution in [1.29, 1.82) is 0 Å². The van der Waals surface area contributed by atoms with Crippen molar-refractivity contribution in [2.45, 2.75) is 109 Å². The van der Waals surface area contributed by atoms with Gasteiger partial charge in [0.25, 0.3) is 0 Å². The molecule has 11 atom stereocenters. The summed E-state index contributed by atoms with van der Waals surface area (Å²) in [5, 5.41) is 2.76. The number of hydrogen-bond acceptors (Lipinski definition) is 14. The number of ether oxygens (including phenoxy) is 10. The maximum atomic E-state index is 12.8. The molecule has 3 heterocycles. The molecule has 15 nitrogen and oxygen atoms in total. The van der Waals surface area contributed by atoms with Gasteiger partial charge in [-0.05, 0) is 11.1 Å². The first-order chi connectivity index (χ1) is 27.0. The normalized spacial score (nSPS) is 30.0. The summed E-state index contributed by atoms with van der Waals surface area (Å²) in [5.41, 5.74) is 2.50. The van der Waals surface area contributed by atoms with Crippen molar-refractivity contribution >= 4 is 23.8 Å². The van der Waals surface area contributed by atoms with E-state index in [-0.39, 0.29) is 19.8 Å². The topological polar surface area (TPSA) is 173 Å². The second-order valence-corrected chi connectivity index (χ2v) is 13.6. The molecule has 6 rings (SSSR count). The first kappa shape index (κ1) is 40.9. The van der Waals surface area contributed by atoms with Crippen molar-refractivity contribution in [3.05, 3.63) is 108 Å². The van der Waals surface area contributed by atoms with Gasteiger partial charge in [0.15, 0.2) is 31.1 Å². The minimum absolute atomic E-state index is 0.114. The van der Waals surface area contributed by atoms with Crippen LogP contribution in [-0.4, -0.2) is 98.4 Å². The SMILES string of the molecule is CC(=O)N[C@H]1[C@H](O[C@@H]2[C@@H](OCc3ccccc3)O[C@@H]3COC(c4ccccc4)O[C@H]3[C@@H]2OCc2ccccc2)O[C@H](COC(C)=O)[C@@H](OC(C)=O)[C@@H]1OC(C)=O. The molecule has 3 aromatic rings. The summed E-state index contributed by atoms with van der Waals surface area (Å²) in [6.45, 7) is 4.78. The summed E-state index contributed by atoms with van der Waals surface area (Å²) in [7, 11) is 0. The molecule has 1 N–H and O–H groups in total. The minimum atomic E-state index is -1.45. The van der Waals surface area contributed by atoms with E-state index in [9.17, 15) is 19.2 Å². The number of hydrogen-bond donors (Lipinski definition) is 1. The highest BCUT2D eigenvalue weighted by Gasteiger charge is 2.56. The highest BCUT2D eigenvalue weighted by Crippen LogP contribution is 2.39. The molecule has 3 aliphatic rings. The molecule has 3 saturated heterocycles. The predicted molar refractivity (Wildman–Crippen MR) is 194 cm³/mol. The third-order valence-corrected chi connectivity index (χ3v) is 9.26. The van der Waals surface area contributed by atoms with Crippen LogP contribution < -0.4 is 5.32 Å². The van der Waals surface area contributed by atoms with Gasteiger partial charge < -0.3 is 52.7 Å². The Hall–Kier alpha value is -4.74. The molecule has 0 bridgehead atoms. The van der Waals surface area contributed by atoms with E-state index in [2.05, 4.69) is 5.32 Å². The fourth-order valence-corrected chi connectivity index (χ4v) is 6.88. The molecule has 1 amide bonds. The van der Waals surface area contributed by atoms with Crippen molar-refractivity contribution in [2.24, 2.45) is 0 Å². The van der Waals surface area contributed by atoms with Gasteiger partial charge in [-0.2, -0.15) is 0 Å². The Morgan fingerprint density at radius 1 is 0.643 bits per heavy atom. The third-order valence-electron chi connectivity index (χ3n) is 9.26. The van der Waals surface area contributed by atoms with Crippen molar-refractivity contribution in [3.63, 3.8) is 0 Å². The fourth-order valence-electron chi connectivity index (χ4n) is 6.88. The maximum Gasteiger partial charge on any atom is 0.303 e. The molecule has 0 saturated carbocycles. The van der Waals surface area contributed by atoms with Gasteiger partial charge in [-0.1, -0.05) is 91.0 Å². The number of benzene rings is 3. The van der Waals surface area contributed by atoms with Crippen molar-refractivity contribution in [2.75, 3.05) is 13.2 Å². The summed E-state index contributed by atoms with van der Waals surface area (Å²) < 4.78 is 62.4. The Balaban J connectivity index is 1.40. The molecule has 3 aromatic carbocycles. The van der Waals surface area contributed by atoms with Crippen molar-refractivity contribution in [3.8, 4) is 0 Å². The van der Waals surface area contributed by atoms with Crippen LogP contribution in [0.25, 0.3) is 0 Å². The molecular weight excluding hydrogens is 730 g/mol. The van der Waals surface area contributed by atoms with Gasteiger partial charge in [0.1, 0.15) is 43.2 Å². The van der Waals surface area contributed by atoms with E-state index in [4.69, 9.17) is 47.4 Å². The molecule has 3 fully saturated rings. The Kier molecular flexibility index (Phi) is 14.2. The van der Waals surface area contributed by atoms with Gasteiger partial charge in [-0.3, -0.25) is 19.2 Å². The quantitative estimate of drug-likeness (QED) is 0.186. The molecule has 0 radical (unpaired) electrons. The zero-order valence-corrected chi connectivity index (χ0v) is 31.6. The second kappa shape index (κ2) is 19.4. The first-order valence-electron chi connectivity index (χ1n) is 18.4. The highest BCUT2D eigenvalue weighted by molar-refractivity contribution is 5.73. The van der Waals surface area contributed by atoms with E-state index in [1.165, 1.54) is 27.7 Å². The summed E-state index contributed by atoms with van der Waals surface area (Å²) in [5.74, 6) is -2.64. The number of carbonyl (C=O) groups excluding carboxylic acids is 4. The molecule has 0 spiro atoms. The highest BCUT2D eigenvalue weighted by atomic mass is 16.8. The average Bonchev–Trinajstić information content (AvgIpc) is 3.18. The summed E-state index contributed by atoms with van der Waals surface area (Å²) in [6.07, 6.45) is -10.8. The van der Waals surface area contributed by atoms with Gasteiger partial charge in [-0.25, -0.2) is 0 Å². The van der Waals surface area contributed by atoms with E-state index in [1.54, 1.807) is 0 Å². The number of nitrogens with one attached hydrogen (secondary N) is 1. The Morgan fingerprint density at radius 2 is 1.23 bits per heavy atom. The Bertz CT molecular complexity index is 1750. The first-order valence-corrected chi connectivity index (χ1v) is 18.4. The van der Waals surface area contributed by atoms with Gasteiger partial charge in [-0.15, -0.1) is 0 Å². The molecule has 1 unspecified atom stereocenters. The standard InChI is InChI=1S/C41H47NO14/c1-24(43)42-33-36(52-27(4)46)34(51-26(3)45)31(22-47-25(2)44)53-40(33)56-38-37(48-20-28-14-8-5-9-15-28)35-32(23-50-39(55-35)30-18-12-7-13-19-30)54-41(38)49-21-29-16-10-6-11-17-29/h5-19,31-41H,20-23H2,1-4H3,(H,42,43)/t31-,32-,33-,34-,35-,36-,37+,38+,39?,40+,41+/m1/s1. The number of fused-ring (bicyclic) bond motifs is 1. The van der Waals surface area contributed by atoms with Crippen LogP contribution >= 0.6 is 0 Å². The third kappa shape index (κ3) is 10.8. The van der Waals surface area contributed by atoms with Crippen LogP contribution in [0.5, 0.6) is 0 Å². The number of amides is 1. The molecule has 56 heavy (non-hydrogen) atoms. The number of rotatable bonds is 14. The molecule has 300 valence electrons. The van der Waals surface area contributed by atoms with Crippen LogP contribution in [0.2, 0.25) is 0 Å². The van der Waals surface area contributed by atoms with Gasteiger partial charge in [0, 0.05) is 33.3 Å². The van der Waals surface area contributed by atoms with Crippen LogP contribution in [0.4, 0.5) is 0 Å². The maximum absolute atomic E-state index is 12.8. The zero-order chi connectivity index (χ0) is 39.6. The summed E-state index contributed by atoms with van der Waals surface area (Å²) >= 11 is 0. The molecule has 0 aliphatic carbocycles. The second-order valence-electron chi connectivity index (χ2n) is 13.6. The average molecular weight is 778 g/mol. The van der Waals surface area contributed by atoms with Gasteiger partial charge in [0.05, 0.1) is 19.8 Å². The van der Waals surface area contributed by atoms with E-state index < -0.39 is 98.1 Å². The summed E-state index contributed by atoms with van der Waals surface area (Å²) in [6, 6.07) is 27.2. The van der Waals surface area contributed by atoms with Crippen molar-refractivity contribution < 1.29 is 66.5 Å². The summed E-state index contributed by atoms with van der Waals surface area (Å²) in [4.78, 5) is 49.7. The molecule has 0 aromatic heterocycles. The lowest BCUT2D eigenvalue weighted by Crippen LogP contribution is -2.69. The minimum Gasteiger partial charge on any atom is -0.463 e. The predicted octanol–water partition coefficient (Wildman–Crippen LogP) is 3.67. The van der Waals surface area contributed by atoms with Crippen LogP contribution in [0.1, 0.15) is 50.7 Å². The molecular formula is C41H47NO14. The van der Waals surface area contributed by atoms with E-state index in [0.29, 0.717) is 0 Å². The van der Waals surface area contributed by atoms with Gasteiger partial charge >= 0.3 is 17.9 Å². The van der Waals surface area contributed by atoms with Crippen LogP contribution in [0.15, 0.2) is 91.0 Å².